The first-order valence-electron chi connectivity index (χ1n) is 9.03. The molecule has 8 heteroatoms. The molecule has 2 aromatic rings. The Labute approximate surface area is 162 Å². The molecule has 1 amide bonds. The maximum atomic E-state index is 13.0. The van der Waals surface area contributed by atoms with Gasteiger partial charge in [-0.15, -0.1) is 0 Å². The highest BCUT2D eigenvalue weighted by Gasteiger charge is 2.50. The number of benzene rings is 1. The van der Waals surface area contributed by atoms with Crippen molar-refractivity contribution in [1.29, 1.82) is 0 Å². The molecule has 8 nitrogen and oxygen atoms in total. The molecule has 0 spiro atoms. The quantitative estimate of drug-likeness (QED) is 0.597. The summed E-state index contributed by atoms with van der Waals surface area (Å²) in [5.41, 5.74) is 4.42. The first kappa shape index (κ1) is 19.8. The van der Waals surface area contributed by atoms with Crippen LogP contribution in [0.5, 0.6) is 0 Å². The number of nitrogens with zero attached hydrogens (tertiary/aromatic N) is 1. The third-order valence-electron chi connectivity index (χ3n) is 4.82. The Morgan fingerprint density at radius 2 is 1.89 bits per heavy atom. The predicted molar refractivity (Wildman–Crippen MR) is 101 cm³/mol. The zero-order chi connectivity index (χ0) is 20.4. The van der Waals surface area contributed by atoms with Crippen molar-refractivity contribution in [3.8, 4) is 0 Å². The summed E-state index contributed by atoms with van der Waals surface area (Å²) in [5.74, 6) is -2.53. The van der Waals surface area contributed by atoms with Gasteiger partial charge in [0.25, 0.3) is 0 Å². The number of amides is 1. The number of carbonyl (C=O) groups excluding carboxylic acids is 2. The summed E-state index contributed by atoms with van der Waals surface area (Å²) >= 11 is 0. The zero-order valence-corrected chi connectivity index (χ0v) is 16.0. The molecular formula is C20H23N3O5. The molecule has 0 aliphatic carbocycles. The van der Waals surface area contributed by atoms with Crippen molar-refractivity contribution in [2.45, 2.75) is 45.8 Å². The van der Waals surface area contributed by atoms with Crippen LogP contribution in [0.2, 0.25) is 0 Å². The average Bonchev–Trinajstić information content (AvgIpc) is 3.27. The molecule has 1 fully saturated rings. The van der Waals surface area contributed by atoms with Gasteiger partial charge < -0.3 is 20.1 Å². The monoisotopic (exact) mass is 385 g/mol. The lowest BCUT2D eigenvalue weighted by molar-refractivity contribution is -0.138. The van der Waals surface area contributed by atoms with E-state index in [-0.39, 0.29) is 24.5 Å². The second kappa shape index (κ2) is 7.93. The lowest BCUT2D eigenvalue weighted by atomic mass is 9.94. The highest BCUT2D eigenvalue weighted by molar-refractivity contribution is 5.99. The number of hydrogen-bond acceptors (Lipinski definition) is 5. The highest BCUT2D eigenvalue weighted by atomic mass is 16.6. The van der Waals surface area contributed by atoms with Gasteiger partial charge in [-0.2, -0.15) is 0 Å². The third kappa shape index (κ3) is 4.45. The first-order valence-corrected chi connectivity index (χ1v) is 9.03. The number of epoxide rings is 1. The molecule has 2 heterocycles. The van der Waals surface area contributed by atoms with Gasteiger partial charge in [0.05, 0.1) is 12.2 Å². The minimum atomic E-state index is -1.17. The van der Waals surface area contributed by atoms with Crippen LogP contribution in [-0.4, -0.2) is 44.9 Å². The Morgan fingerprint density at radius 3 is 2.43 bits per heavy atom. The van der Waals surface area contributed by atoms with E-state index in [2.05, 4.69) is 15.3 Å². The Hall–Kier alpha value is -3.00. The molecule has 1 aromatic heterocycles. The number of anilines is 1. The summed E-state index contributed by atoms with van der Waals surface area (Å²) in [6, 6.07) is 3.96. The van der Waals surface area contributed by atoms with E-state index in [9.17, 15) is 14.4 Å². The number of rotatable bonds is 8. The van der Waals surface area contributed by atoms with Gasteiger partial charge in [-0.05, 0) is 31.9 Å². The minimum Gasteiger partial charge on any atom is -0.479 e. The van der Waals surface area contributed by atoms with Crippen LogP contribution < -0.4 is 5.32 Å². The van der Waals surface area contributed by atoms with E-state index in [0.29, 0.717) is 0 Å². The number of H-pyrrole nitrogens is 1. The summed E-state index contributed by atoms with van der Waals surface area (Å²) < 4.78 is 4.92. The standard InChI is InChI=1S/C20H23N3O5/c1-10-4-11(2)16(12(3)5-10)23-19(25)13(6-14-8-21-9-22-14)7-15(24)17-18(28-17)20(26)27/h4-5,8-9,13,17-18H,6-7H2,1-3H3,(H,21,22)(H,23,25)(H,26,27)/t13-,17-,18+/m1/s1. The molecule has 148 valence electrons. The van der Waals surface area contributed by atoms with Crippen molar-refractivity contribution in [2.75, 3.05) is 5.32 Å². The fraction of sp³-hybridized carbons (Fsp3) is 0.400. The van der Waals surface area contributed by atoms with Crippen LogP contribution in [0.3, 0.4) is 0 Å². The molecule has 3 rings (SSSR count). The van der Waals surface area contributed by atoms with E-state index in [1.807, 2.05) is 32.9 Å². The molecule has 0 bridgehead atoms. The fourth-order valence-corrected chi connectivity index (χ4v) is 3.43. The Balaban J connectivity index is 1.75. The van der Waals surface area contributed by atoms with Gasteiger partial charge in [-0.3, -0.25) is 9.59 Å². The summed E-state index contributed by atoms with van der Waals surface area (Å²) in [4.78, 5) is 43.2. The Bertz CT molecular complexity index is 884. The molecule has 1 aliphatic rings. The van der Waals surface area contributed by atoms with Crippen LogP contribution in [0, 0.1) is 26.7 Å². The molecule has 1 aromatic carbocycles. The number of nitrogens with one attached hydrogen (secondary N) is 2. The van der Waals surface area contributed by atoms with Gasteiger partial charge in [0.15, 0.2) is 18.0 Å². The number of carboxylic acids is 1. The number of aliphatic carboxylic acids is 1. The van der Waals surface area contributed by atoms with Crippen molar-refractivity contribution in [2.24, 2.45) is 5.92 Å². The van der Waals surface area contributed by atoms with Crippen LogP contribution >= 0.6 is 0 Å². The average molecular weight is 385 g/mol. The van der Waals surface area contributed by atoms with Crippen LogP contribution in [0.25, 0.3) is 0 Å². The number of ketones is 1. The SMILES string of the molecule is Cc1cc(C)c(NC(=O)[C@@H](CC(=O)[C@H]2O[C@@H]2C(=O)O)Cc2cnc[nH]2)c(C)c1. The van der Waals surface area contributed by atoms with Crippen LogP contribution in [0.1, 0.15) is 28.8 Å². The number of aromatic amines is 1. The largest absolute Gasteiger partial charge is 0.479 e. The number of ether oxygens (including phenoxy) is 1. The predicted octanol–water partition coefficient (Wildman–Crippen LogP) is 1.94. The second-order valence-electron chi connectivity index (χ2n) is 7.23. The maximum Gasteiger partial charge on any atom is 0.336 e. The number of imidazole rings is 1. The van der Waals surface area contributed by atoms with Crippen molar-refractivity contribution in [3.63, 3.8) is 0 Å². The number of hydrogen-bond donors (Lipinski definition) is 3. The van der Waals surface area contributed by atoms with Gasteiger partial charge in [-0.25, -0.2) is 9.78 Å². The number of Topliss-reactive ketones (excluding diaryl/α,β-unsaturated/α-hetero) is 1. The molecule has 1 saturated heterocycles. The van der Waals surface area contributed by atoms with E-state index in [1.165, 1.54) is 6.33 Å². The Kier molecular flexibility index (Phi) is 5.60. The molecular weight excluding hydrogens is 362 g/mol. The van der Waals surface area contributed by atoms with E-state index in [0.717, 1.165) is 28.1 Å². The van der Waals surface area contributed by atoms with Crippen LogP contribution in [0.4, 0.5) is 5.69 Å². The topological polar surface area (TPSA) is 125 Å². The molecule has 0 radical (unpaired) electrons. The molecule has 3 atom stereocenters. The van der Waals surface area contributed by atoms with E-state index in [1.54, 1.807) is 6.20 Å². The number of aryl methyl sites for hydroxylation is 3. The van der Waals surface area contributed by atoms with Gasteiger partial charge >= 0.3 is 5.97 Å². The van der Waals surface area contributed by atoms with Crippen molar-refractivity contribution in [1.82, 2.24) is 9.97 Å². The van der Waals surface area contributed by atoms with Gasteiger partial charge in [0, 0.05) is 30.4 Å². The van der Waals surface area contributed by atoms with Crippen molar-refractivity contribution < 1.29 is 24.2 Å². The normalized spacial score (nSPS) is 19.1. The van der Waals surface area contributed by atoms with Crippen LogP contribution in [0.15, 0.2) is 24.7 Å². The summed E-state index contributed by atoms with van der Waals surface area (Å²) in [6.45, 7) is 5.82. The second-order valence-corrected chi connectivity index (χ2v) is 7.23. The highest BCUT2D eigenvalue weighted by Crippen LogP contribution is 2.28. The van der Waals surface area contributed by atoms with Crippen molar-refractivity contribution >= 4 is 23.3 Å². The zero-order valence-electron chi connectivity index (χ0n) is 16.0. The fourth-order valence-electron chi connectivity index (χ4n) is 3.43. The lowest BCUT2D eigenvalue weighted by Gasteiger charge is -2.18. The van der Waals surface area contributed by atoms with E-state index in [4.69, 9.17) is 9.84 Å². The summed E-state index contributed by atoms with van der Waals surface area (Å²) in [6.07, 6.45) is 1.20. The van der Waals surface area contributed by atoms with Crippen molar-refractivity contribution in [3.05, 3.63) is 47.0 Å². The van der Waals surface area contributed by atoms with Gasteiger partial charge in [-0.1, -0.05) is 17.7 Å². The first-order chi connectivity index (χ1) is 13.3. The molecule has 1 aliphatic heterocycles. The van der Waals surface area contributed by atoms with E-state index >= 15 is 0 Å². The summed E-state index contributed by atoms with van der Waals surface area (Å²) in [5, 5.41) is 11.9. The van der Waals surface area contributed by atoms with Crippen LogP contribution in [-0.2, 0) is 25.5 Å². The maximum absolute atomic E-state index is 13.0. The Morgan fingerprint density at radius 1 is 1.21 bits per heavy atom. The smallest absolute Gasteiger partial charge is 0.336 e. The van der Waals surface area contributed by atoms with Gasteiger partial charge in [0.2, 0.25) is 5.91 Å². The van der Waals surface area contributed by atoms with Gasteiger partial charge in [0.1, 0.15) is 0 Å². The number of carboxylic acid groups (broad SMARTS) is 1. The third-order valence-corrected chi connectivity index (χ3v) is 4.82. The molecule has 28 heavy (non-hydrogen) atoms. The minimum absolute atomic E-state index is 0.108. The molecule has 0 unspecified atom stereocenters. The number of aromatic nitrogens is 2. The summed E-state index contributed by atoms with van der Waals surface area (Å²) in [7, 11) is 0. The van der Waals surface area contributed by atoms with E-state index < -0.39 is 24.1 Å². The lowest BCUT2D eigenvalue weighted by Crippen LogP contribution is -2.29. The molecule has 0 saturated carbocycles. The number of carbonyl (C=O) groups is 3. The molecule has 3 N–H and O–H groups in total.